The van der Waals surface area contributed by atoms with Crippen molar-refractivity contribution in [3.8, 4) is 5.75 Å². The van der Waals surface area contributed by atoms with E-state index in [1.165, 1.54) is 0 Å². The first-order valence-electron chi connectivity index (χ1n) is 9.73. The zero-order valence-electron chi connectivity index (χ0n) is 18.3. The molecule has 0 radical (unpaired) electrons. The number of guanidine groups is 1. The number of carbonyl (C=O) groups is 1. The Morgan fingerprint density at radius 2 is 1.71 bits per heavy atom. The molecule has 0 aliphatic rings. The number of hydrogen-bond donors (Lipinski definition) is 2. The summed E-state index contributed by atoms with van der Waals surface area (Å²) in [4.78, 5) is 17.8. The second-order valence-electron chi connectivity index (χ2n) is 7.55. The molecule has 7 heteroatoms. The van der Waals surface area contributed by atoms with Crippen molar-refractivity contribution in [1.82, 2.24) is 15.5 Å². The van der Waals surface area contributed by atoms with E-state index in [4.69, 9.17) is 4.74 Å². The van der Waals surface area contributed by atoms with Crippen LogP contribution in [0.3, 0.4) is 0 Å². The zero-order valence-corrected chi connectivity index (χ0v) is 20.6. The van der Waals surface area contributed by atoms with Crippen LogP contribution in [0.1, 0.15) is 52.6 Å². The smallest absolute Gasteiger partial charge is 0.243 e. The van der Waals surface area contributed by atoms with E-state index >= 15 is 0 Å². The molecule has 1 aromatic carbocycles. The highest BCUT2D eigenvalue weighted by Crippen LogP contribution is 2.18. The Hall–Kier alpha value is -1.51. The van der Waals surface area contributed by atoms with Crippen LogP contribution in [0.5, 0.6) is 5.75 Å². The van der Waals surface area contributed by atoms with Gasteiger partial charge in [0, 0.05) is 20.1 Å². The quantitative estimate of drug-likeness (QED) is 0.305. The zero-order chi connectivity index (χ0) is 20.4. The molecule has 0 aromatic heterocycles. The van der Waals surface area contributed by atoms with Gasteiger partial charge in [-0.25, -0.2) is 4.99 Å². The highest BCUT2D eigenvalue weighted by Gasteiger charge is 2.12. The third-order valence-corrected chi connectivity index (χ3v) is 4.18. The van der Waals surface area contributed by atoms with E-state index in [0.717, 1.165) is 17.7 Å². The summed E-state index contributed by atoms with van der Waals surface area (Å²) in [5.41, 5.74) is 1.13. The Balaban J connectivity index is 0.00000729. The number of hydrogen-bond acceptors (Lipinski definition) is 3. The minimum absolute atomic E-state index is 0. The summed E-state index contributed by atoms with van der Waals surface area (Å²) in [7, 11) is 3.47. The van der Waals surface area contributed by atoms with Gasteiger partial charge in [-0.15, -0.1) is 24.0 Å². The van der Waals surface area contributed by atoms with Crippen molar-refractivity contribution in [2.45, 2.75) is 53.1 Å². The summed E-state index contributed by atoms with van der Waals surface area (Å²) < 4.78 is 5.74. The number of ether oxygens (including phenoxy) is 1. The molecule has 2 atom stereocenters. The molecule has 0 saturated carbocycles. The van der Waals surface area contributed by atoms with Crippen molar-refractivity contribution in [2.75, 3.05) is 27.2 Å². The summed E-state index contributed by atoms with van der Waals surface area (Å²) >= 11 is 0. The lowest BCUT2D eigenvalue weighted by Crippen LogP contribution is -2.43. The molecule has 2 N–H and O–H groups in total. The second kappa shape index (κ2) is 13.6. The Morgan fingerprint density at radius 3 is 2.21 bits per heavy atom. The molecule has 1 amide bonds. The van der Waals surface area contributed by atoms with Crippen molar-refractivity contribution in [1.29, 1.82) is 0 Å². The van der Waals surface area contributed by atoms with E-state index < -0.39 is 0 Å². The fraction of sp³-hybridized carbons (Fsp3) is 0.619. The Labute approximate surface area is 187 Å². The first kappa shape index (κ1) is 26.5. The van der Waals surface area contributed by atoms with Gasteiger partial charge in [-0.05, 0) is 43.9 Å². The van der Waals surface area contributed by atoms with Crippen LogP contribution in [0, 0.1) is 5.92 Å². The molecule has 0 heterocycles. The SMILES string of the molecule is CCC(C)NC(=NCC(=O)N(C)C)NC(C)c1ccc(OCC(C)C)cc1.I. The van der Waals surface area contributed by atoms with Gasteiger partial charge in [0.2, 0.25) is 5.91 Å². The molecular formula is C21H37IN4O2. The normalized spacial score (nSPS) is 13.4. The lowest BCUT2D eigenvalue weighted by Gasteiger charge is -2.22. The van der Waals surface area contributed by atoms with Gasteiger partial charge in [0.1, 0.15) is 12.3 Å². The highest BCUT2D eigenvalue weighted by atomic mass is 127. The Kier molecular flexibility index (Phi) is 12.9. The first-order valence-corrected chi connectivity index (χ1v) is 9.73. The van der Waals surface area contributed by atoms with E-state index in [1.54, 1.807) is 19.0 Å². The molecule has 2 unspecified atom stereocenters. The molecule has 0 saturated heterocycles. The number of nitrogens with zero attached hydrogens (tertiary/aromatic N) is 2. The van der Waals surface area contributed by atoms with Crippen molar-refractivity contribution >= 4 is 35.8 Å². The Morgan fingerprint density at radius 1 is 1.11 bits per heavy atom. The number of nitrogens with one attached hydrogen (secondary N) is 2. The molecule has 1 aromatic rings. The number of rotatable bonds is 9. The van der Waals surface area contributed by atoms with Crippen LogP contribution in [0.15, 0.2) is 29.3 Å². The van der Waals surface area contributed by atoms with Gasteiger partial charge >= 0.3 is 0 Å². The Bertz CT molecular complexity index is 603. The van der Waals surface area contributed by atoms with Gasteiger partial charge in [0.25, 0.3) is 0 Å². The lowest BCUT2D eigenvalue weighted by atomic mass is 10.1. The van der Waals surface area contributed by atoms with Crippen molar-refractivity contribution in [2.24, 2.45) is 10.9 Å². The molecule has 0 aliphatic carbocycles. The van der Waals surface area contributed by atoms with Gasteiger partial charge in [0.15, 0.2) is 5.96 Å². The monoisotopic (exact) mass is 504 g/mol. The van der Waals surface area contributed by atoms with Crippen LogP contribution >= 0.6 is 24.0 Å². The predicted octanol–water partition coefficient (Wildman–Crippen LogP) is 3.82. The molecule has 160 valence electrons. The molecule has 0 bridgehead atoms. The molecule has 0 spiro atoms. The highest BCUT2D eigenvalue weighted by molar-refractivity contribution is 14.0. The molecule has 0 fully saturated rings. The third-order valence-electron chi connectivity index (χ3n) is 4.18. The van der Waals surface area contributed by atoms with E-state index in [2.05, 4.69) is 62.4 Å². The van der Waals surface area contributed by atoms with Gasteiger partial charge in [-0.3, -0.25) is 4.79 Å². The molecule has 28 heavy (non-hydrogen) atoms. The molecule has 6 nitrogen and oxygen atoms in total. The number of likely N-dealkylation sites (N-methyl/N-ethyl adjacent to an activating group) is 1. The van der Waals surface area contributed by atoms with Crippen LogP contribution in [0.25, 0.3) is 0 Å². The van der Waals surface area contributed by atoms with Crippen LogP contribution in [-0.4, -0.2) is 50.1 Å². The predicted molar refractivity (Wildman–Crippen MR) is 128 cm³/mol. The summed E-state index contributed by atoms with van der Waals surface area (Å²) in [6, 6.07) is 8.41. The number of amides is 1. The van der Waals surface area contributed by atoms with Gasteiger partial charge < -0.3 is 20.3 Å². The lowest BCUT2D eigenvalue weighted by molar-refractivity contribution is -0.127. The fourth-order valence-electron chi connectivity index (χ4n) is 2.16. The topological polar surface area (TPSA) is 66.0 Å². The van der Waals surface area contributed by atoms with Crippen molar-refractivity contribution in [3.05, 3.63) is 29.8 Å². The second-order valence-corrected chi connectivity index (χ2v) is 7.55. The summed E-state index contributed by atoms with van der Waals surface area (Å²) in [6.45, 7) is 11.4. The van der Waals surface area contributed by atoms with E-state index in [9.17, 15) is 4.79 Å². The van der Waals surface area contributed by atoms with E-state index in [-0.39, 0.29) is 48.5 Å². The number of carbonyl (C=O) groups excluding carboxylic acids is 1. The van der Waals surface area contributed by atoms with Crippen molar-refractivity contribution < 1.29 is 9.53 Å². The minimum Gasteiger partial charge on any atom is -0.493 e. The third kappa shape index (κ3) is 10.1. The number of halogens is 1. The standard InChI is InChI=1S/C21H36N4O2.HI/c1-8-16(4)23-21(22-13-20(26)25(6)7)24-17(5)18-9-11-19(12-10-18)27-14-15(2)3;/h9-12,15-17H,8,13-14H2,1-7H3,(H2,22,23,24);1H. The van der Waals surface area contributed by atoms with Gasteiger partial charge in [-0.1, -0.05) is 32.9 Å². The number of aliphatic imine (C=N–C) groups is 1. The van der Waals surface area contributed by atoms with Crippen LogP contribution in [0.4, 0.5) is 0 Å². The molecular weight excluding hydrogens is 467 g/mol. The molecule has 1 rings (SSSR count). The van der Waals surface area contributed by atoms with Crippen molar-refractivity contribution in [3.63, 3.8) is 0 Å². The average Bonchev–Trinajstić information content (AvgIpc) is 2.64. The summed E-state index contributed by atoms with van der Waals surface area (Å²) in [5, 5.41) is 6.74. The van der Waals surface area contributed by atoms with Crippen LogP contribution in [-0.2, 0) is 4.79 Å². The number of benzene rings is 1. The maximum atomic E-state index is 11.9. The summed E-state index contributed by atoms with van der Waals surface area (Å²) in [5.74, 6) is 2.00. The van der Waals surface area contributed by atoms with E-state index in [1.807, 2.05) is 12.1 Å². The summed E-state index contributed by atoms with van der Waals surface area (Å²) in [6.07, 6.45) is 0.971. The maximum absolute atomic E-state index is 11.9. The van der Waals surface area contributed by atoms with E-state index in [0.29, 0.717) is 18.5 Å². The average molecular weight is 504 g/mol. The largest absolute Gasteiger partial charge is 0.493 e. The molecule has 0 aliphatic heterocycles. The van der Waals surface area contributed by atoms with Gasteiger partial charge in [0.05, 0.1) is 12.6 Å². The van der Waals surface area contributed by atoms with Gasteiger partial charge in [-0.2, -0.15) is 0 Å². The fourth-order valence-corrected chi connectivity index (χ4v) is 2.16. The minimum atomic E-state index is -0.0282. The van der Waals surface area contributed by atoms with Crippen LogP contribution < -0.4 is 15.4 Å². The van der Waals surface area contributed by atoms with Crippen LogP contribution in [0.2, 0.25) is 0 Å². The first-order chi connectivity index (χ1) is 12.7. The maximum Gasteiger partial charge on any atom is 0.243 e.